The number of esters is 1. The highest BCUT2D eigenvalue weighted by Gasteiger charge is 2.44. The molecule has 4 rings (SSSR count). The first-order valence-corrected chi connectivity index (χ1v) is 9.23. The number of para-hydroxylation sites is 2. The Morgan fingerprint density at radius 1 is 1.18 bits per heavy atom. The lowest BCUT2D eigenvalue weighted by molar-refractivity contribution is -0.152. The maximum atomic E-state index is 12.8. The molecule has 1 N–H and O–H groups in total. The number of nitrogens with zero attached hydrogens (tertiary/aromatic N) is 3. The van der Waals surface area contributed by atoms with Crippen molar-refractivity contribution in [2.75, 3.05) is 30.9 Å². The smallest absolute Gasteiger partial charge is 0.321 e. The average Bonchev–Trinajstić information content (AvgIpc) is 3.05. The molecule has 0 aliphatic carbocycles. The third kappa shape index (κ3) is 2.89. The molecule has 7 nitrogen and oxygen atoms in total. The van der Waals surface area contributed by atoms with Crippen molar-refractivity contribution >= 4 is 34.5 Å². The molecule has 1 aromatic heterocycles. The van der Waals surface area contributed by atoms with Gasteiger partial charge in [-0.3, -0.25) is 14.9 Å². The molecule has 0 fully saturated rings. The second-order valence-electron chi connectivity index (χ2n) is 6.94. The first kappa shape index (κ1) is 18.0. The van der Waals surface area contributed by atoms with Crippen LogP contribution >= 0.6 is 0 Å². The van der Waals surface area contributed by atoms with Gasteiger partial charge in [-0.15, -0.1) is 0 Å². The van der Waals surface area contributed by atoms with Gasteiger partial charge in [-0.1, -0.05) is 24.3 Å². The topological polar surface area (TPSA) is 76.5 Å². The highest BCUT2D eigenvalue weighted by Crippen LogP contribution is 2.39. The number of rotatable bonds is 4. The second kappa shape index (κ2) is 6.99. The summed E-state index contributed by atoms with van der Waals surface area (Å²) < 4.78 is 7.15. The minimum absolute atomic E-state index is 0.215. The summed E-state index contributed by atoms with van der Waals surface area (Å²) in [5.41, 5.74) is 3.50. The molecule has 2 aromatic carbocycles. The molecule has 3 aromatic rings. The van der Waals surface area contributed by atoms with E-state index in [1.54, 1.807) is 6.92 Å². The summed E-state index contributed by atoms with van der Waals surface area (Å²) in [6.07, 6.45) is 0. The van der Waals surface area contributed by atoms with Crippen molar-refractivity contribution in [3.63, 3.8) is 0 Å². The lowest BCUT2D eigenvalue weighted by Gasteiger charge is -2.32. The van der Waals surface area contributed by atoms with Gasteiger partial charge in [-0.25, -0.2) is 4.98 Å². The van der Waals surface area contributed by atoms with Crippen molar-refractivity contribution < 1.29 is 14.3 Å². The molecule has 0 spiro atoms. The van der Waals surface area contributed by atoms with Gasteiger partial charge in [0, 0.05) is 19.8 Å². The Morgan fingerprint density at radius 2 is 1.89 bits per heavy atom. The molecule has 2 atom stereocenters. The summed E-state index contributed by atoms with van der Waals surface area (Å²) in [7, 11) is 3.93. The number of aromatic nitrogens is 2. The monoisotopic (exact) mass is 378 g/mol. The van der Waals surface area contributed by atoms with Gasteiger partial charge >= 0.3 is 5.97 Å². The standard InChI is InChI=1S/C21H22N4O3/c1-4-28-20(27)17-18(13-9-11-14(12-10-13)24(2)3)25-16-8-6-5-7-15(16)22-21(25)23-19(17)26/h5-12,17-18H,4H2,1-3H3,(H,22,23,26)/t17-,18+/m0/s1. The van der Waals surface area contributed by atoms with Gasteiger partial charge in [-0.05, 0) is 36.8 Å². The second-order valence-corrected chi connectivity index (χ2v) is 6.94. The molecule has 1 aliphatic heterocycles. The van der Waals surface area contributed by atoms with Crippen LogP contribution in [0.1, 0.15) is 18.5 Å². The maximum Gasteiger partial charge on any atom is 0.321 e. The number of hydrogen-bond acceptors (Lipinski definition) is 5. The largest absolute Gasteiger partial charge is 0.465 e. The number of amides is 1. The van der Waals surface area contributed by atoms with Crippen molar-refractivity contribution in [3.8, 4) is 0 Å². The molecule has 0 radical (unpaired) electrons. The first-order chi connectivity index (χ1) is 13.5. The Bertz CT molecular complexity index is 1040. The van der Waals surface area contributed by atoms with Crippen molar-refractivity contribution in [1.29, 1.82) is 0 Å². The van der Waals surface area contributed by atoms with Crippen LogP contribution in [0.5, 0.6) is 0 Å². The molecule has 0 unspecified atom stereocenters. The van der Waals surface area contributed by atoms with Crippen LogP contribution in [-0.2, 0) is 14.3 Å². The number of benzene rings is 2. The fraction of sp³-hybridized carbons (Fsp3) is 0.286. The van der Waals surface area contributed by atoms with Crippen LogP contribution in [0.25, 0.3) is 11.0 Å². The number of imidazole rings is 1. The van der Waals surface area contributed by atoms with Gasteiger partial charge in [0.1, 0.15) is 0 Å². The summed E-state index contributed by atoms with van der Waals surface area (Å²) in [6, 6.07) is 14.9. The molecule has 0 bridgehead atoms. The van der Waals surface area contributed by atoms with Gasteiger partial charge in [0.25, 0.3) is 0 Å². The predicted octanol–water partition coefficient (Wildman–Crippen LogP) is 2.82. The van der Waals surface area contributed by atoms with E-state index in [4.69, 9.17) is 4.74 Å². The number of hydrogen-bond donors (Lipinski definition) is 1. The fourth-order valence-electron chi connectivity index (χ4n) is 3.67. The molecule has 28 heavy (non-hydrogen) atoms. The van der Waals surface area contributed by atoms with Crippen LogP contribution in [0, 0.1) is 5.92 Å². The molecule has 0 saturated carbocycles. The van der Waals surface area contributed by atoms with E-state index in [2.05, 4.69) is 10.3 Å². The molecule has 1 amide bonds. The summed E-state index contributed by atoms with van der Waals surface area (Å²) in [4.78, 5) is 32.1. The quantitative estimate of drug-likeness (QED) is 0.558. The minimum Gasteiger partial charge on any atom is -0.465 e. The van der Waals surface area contributed by atoms with Gasteiger partial charge in [0.05, 0.1) is 23.7 Å². The van der Waals surface area contributed by atoms with Crippen molar-refractivity contribution in [2.24, 2.45) is 5.92 Å². The highest BCUT2D eigenvalue weighted by molar-refractivity contribution is 6.07. The van der Waals surface area contributed by atoms with Crippen molar-refractivity contribution in [1.82, 2.24) is 9.55 Å². The van der Waals surface area contributed by atoms with Crippen molar-refractivity contribution in [3.05, 3.63) is 54.1 Å². The third-order valence-corrected chi connectivity index (χ3v) is 5.00. The number of nitrogens with one attached hydrogen (secondary N) is 1. The molecule has 1 aliphatic rings. The lowest BCUT2D eigenvalue weighted by Crippen LogP contribution is -2.43. The highest BCUT2D eigenvalue weighted by atomic mass is 16.5. The van der Waals surface area contributed by atoms with Crippen LogP contribution < -0.4 is 10.2 Å². The molecule has 2 heterocycles. The molecule has 7 heteroatoms. The van der Waals surface area contributed by atoms with E-state index in [0.29, 0.717) is 5.95 Å². The zero-order valence-electron chi connectivity index (χ0n) is 16.0. The Labute approximate surface area is 162 Å². The summed E-state index contributed by atoms with van der Waals surface area (Å²) in [5.74, 6) is -1.49. The van der Waals surface area contributed by atoms with E-state index < -0.39 is 23.8 Å². The Kier molecular flexibility index (Phi) is 4.50. The van der Waals surface area contributed by atoms with Crippen LogP contribution in [0.2, 0.25) is 0 Å². The number of carbonyl (C=O) groups excluding carboxylic acids is 2. The maximum absolute atomic E-state index is 12.8. The number of anilines is 2. The zero-order valence-corrected chi connectivity index (χ0v) is 16.0. The van der Waals surface area contributed by atoms with E-state index in [1.807, 2.05) is 72.1 Å². The number of carbonyl (C=O) groups is 2. The summed E-state index contributed by atoms with van der Waals surface area (Å²) >= 11 is 0. The predicted molar refractivity (Wildman–Crippen MR) is 107 cm³/mol. The summed E-state index contributed by atoms with van der Waals surface area (Å²) in [5, 5.41) is 2.77. The van der Waals surface area contributed by atoms with Crippen molar-refractivity contribution in [2.45, 2.75) is 13.0 Å². The first-order valence-electron chi connectivity index (χ1n) is 9.23. The fourth-order valence-corrected chi connectivity index (χ4v) is 3.67. The van der Waals surface area contributed by atoms with Crippen LogP contribution in [0.3, 0.4) is 0 Å². The Hall–Kier alpha value is -3.35. The summed E-state index contributed by atoms with van der Waals surface area (Å²) in [6.45, 7) is 1.95. The van der Waals surface area contributed by atoms with E-state index in [1.165, 1.54) is 0 Å². The number of fused-ring (bicyclic) bond motifs is 3. The van der Waals surface area contributed by atoms with Crippen LogP contribution in [0.4, 0.5) is 11.6 Å². The van der Waals surface area contributed by atoms with E-state index in [-0.39, 0.29) is 6.61 Å². The third-order valence-electron chi connectivity index (χ3n) is 5.00. The molecule has 0 saturated heterocycles. The average molecular weight is 378 g/mol. The van der Waals surface area contributed by atoms with Gasteiger partial charge in [0.15, 0.2) is 5.92 Å². The van der Waals surface area contributed by atoms with Crippen LogP contribution in [-0.4, -0.2) is 42.1 Å². The van der Waals surface area contributed by atoms with E-state index >= 15 is 0 Å². The Balaban J connectivity index is 1.91. The SMILES string of the molecule is CCOC(=O)[C@@H]1C(=O)Nc2nc3ccccc3n2[C@@H]1c1ccc(N(C)C)cc1. The van der Waals surface area contributed by atoms with E-state index in [9.17, 15) is 9.59 Å². The molecular formula is C21H22N4O3. The zero-order chi connectivity index (χ0) is 19.8. The normalized spacial score (nSPS) is 18.5. The van der Waals surface area contributed by atoms with E-state index in [0.717, 1.165) is 22.3 Å². The molecule has 144 valence electrons. The minimum atomic E-state index is -0.990. The van der Waals surface area contributed by atoms with Crippen LogP contribution in [0.15, 0.2) is 48.5 Å². The van der Waals surface area contributed by atoms with Gasteiger partial charge < -0.3 is 14.2 Å². The molecular weight excluding hydrogens is 356 g/mol. The lowest BCUT2D eigenvalue weighted by atomic mass is 9.90. The van der Waals surface area contributed by atoms with Gasteiger partial charge in [-0.2, -0.15) is 0 Å². The number of ether oxygens (including phenoxy) is 1. The Morgan fingerprint density at radius 3 is 2.57 bits per heavy atom. The van der Waals surface area contributed by atoms with Gasteiger partial charge in [0.2, 0.25) is 11.9 Å².